The summed E-state index contributed by atoms with van der Waals surface area (Å²) >= 11 is 0. The standard InChI is InChI=1S/C16H25N5O2/c1-12(2)4-5-17-16(23)14-10-15(19-13(3)18-14)21-8-6-20(11-22)7-9-21/h10-12H,4-9H2,1-3H3,(H,17,23). The normalized spacial score (nSPS) is 15.0. The number of aromatic nitrogens is 2. The van der Waals surface area contributed by atoms with Crippen molar-refractivity contribution in [1.29, 1.82) is 0 Å². The third-order valence-electron chi connectivity index (χ3n) is 3.85. The van der Waals surface area contributed by atoms with E-state index < -0.39 is 0 Å². The molecule has 7 nitrogen and oxygen atoms in total. The molecule has 0 radical (unpaired) electrons. The molecule has 126 valence electrons. The van der Waals surface area contributed by atoms with E-state index in [0.717, 1.165) is 18.6 Å². The maximum Gasteiger partial charge on any atom is 0.270 e. The van der Waals surface area contributed by atoms with E-state index in [-0.39, 0.29) is 5.91 Å². The number of hydrogen-bond donors (Lipinski definition) is 1. The quantitative estimate of drug-likeness (QED) is 0.786. The van der Waals surface area contributed by atoms with Gasteiger partial charge in [-0.2, -0.15) is 0 Å². The lowest BCUT2D eigenvalue weighted by molar-refractivity contribution is -0.118. The van der Waals surface area contributed by atoms with Crippen LogP contribution in [-0.2, 0) is 4.79 Å². The van der Waals surface area contributed by atoms with E-state index in [1.807, 2.05) is 0 Å². The van der Waals surface area contributed by atoms with Gasteiger partial charge in [0.25, 0.3) is 5.91 Å². The minimum absolute atomic E-state index is 0.163. The highest BCUT2D eigenvalue weighted by Crippen LogP contribution is 2.15. The van der Waals surface area contributed by atoms with Crippen molar-refractivity contribution in [2.75, 3.05) is 37.6 Å². The zero-order valence-corrected chi connectivity index (χ0v) is 14.1. The first kappa shape index (κ1) is 17.2. The Hall–Kier alpha value is -2.18. The topological polar surface area (TPSA) is 78.4 Å². The number of nitrogens with one attached hydrogen (secondary N) is 1. The van der Waals surface area contributed by atoms with Crippen LogP contribution in [0.15, 0.2) is 6.07 Å². The molecule has 2 heterocycles. The molecule has 1 aromatic rings. The Kier molecular flexibility index (Phi) is 5.90. The molecule has 0 aliphatic carbocycles. The molecule has 0 atom stereocenters. The largest absolute Gasteiger partial charge is 0.353 e. The predicted molar refractivity (Wildman–Crippen MR) is 88.4 cm³/mol. The average Bonchev–Trinajstić information content (AvgIpc) is 2.54. The molecule has 0 saturated carbocycles. The Morgan fingerprint density at radius 2 is 2.00 bits per heavy atom. The summed E-state index contributed by atoms with van der Waals surface area (Å²) in [5.74, 6) is 1.71. The van der Waals surface area contributed by atoms with Crippen molar-refractivity contribution in [2.24, 2.45) is 5.92 Å². The Morgan fingerprint density at radius 3 is 2.61 bits per heavy atom. The molecule has 1 aromatic heterocycles. The van der Waals surface area contributed by atoms with Gasteiger partial charge in [0.05, 0.1) is 0 Å². The lowest BCUT2D eigenvalue weighted by Crippen LogP contribution is -2.46. The Labute approximate surface area is 137 Å². The fraction of sp³-hybridized carbons (Fsp3) is 0.625. The number of rotatable bonds is 6. The van der Waals surface area contributed by atoms with Crippen LogP contribution in [0.5, 0.6) is 0 Å². The first-order chi connectivity index (χ1) is 11.0. The van der Waals surface area contributed by atoms with Crippen molar-refractivity contribution in [3.05, 3.63) is 17.6 Å². The molecule has 0 bridgehead atoms. The number of carbonyl (C=O) groups is 2. The van der Waals surface area contributed by atoms with E-state index >= 15 is 0 Å². The lowest BCUT2D eigenvalue weighted by Gasteiger charge is -2.33. The van der Waals surface area contributed by atoms with Crippen LogP contribution in [-0.4, -0.2) is 59.9 Å². The highest BCUT2D eigenvalue weighted by Gasteiger charge is 2.19. The minimum Gasteiger partial charge on any atom is -0.353 e. The summed E-state index contributed by atoms with van der Waals surface area (Å²) in [6.07, 6.45) is 1.81. The maximum absolute atomic E-state index is 12.2. The van der Waals surface area contributed by atoms with Gasteiger partial charge in [-0.05, 0) is 19.3 Å². The fourth-order valence-electron chi connectivity index (χ4n) is 2.45. The zero-order valence-electron chi connectivity index (χ0n) is 14.1. The van der Waals surface area contributed by atoms with E-state index in [1.54, 1.807) is 17.9 Å². The molecule has 1 N–H and O–H groups in total. The number of hydrogen-bond acceptors (Lipinski definition) is 5. The summed E-state index contributed by atoms with van der Waals surface area (Å²) in [6.45, 7) is 9.44. The van der Waals surface area contributed by atoms with Gasteiger partial charge in [0.15, 0.2) is 0 Å². The van der Waals surface area contributed by atoms with Gasteiger partial charge >= 0.3 is 0 Å². The summed E-state index contributed by atoms with van der Waals surface area (Å²) < 4.78 is 0. The van der Waals surface area contributed by atoms with E-state index in [2.05, 4.69) is 34.0 Å². The molecule has 2 amide bonds. The molecule has 1 saturated heterocycles. The maximum atomic E-state index is 12.2. The number of carbonyl (C=O) groups excluding carboxylic acids is 2. The number of piperazine rings is 1. The molecule has 1 aliphatic rings. The van der Waals surface area contributed by atoms with Crippen molar-refractivity contribution in [3.8, 4) is 0 Å². The molecule has 23 heavy (non-hydrogen) atoms. The Bertz CT molecular complexity index is 553. The number of anilines is 1. The fourth-order valence-corrected chi connectivity index (χ4v) is 2.45. The van der Waals surface area contributed by atoms with Gasteiger partial charge in [-0.15, -0.1) is 0 Å². The summed E-state index contributed by atoms with van der Waals surface area (Å²) in [6, 6.07) is 1.73. The van der Waals surface area contributed by atoms with Crippen molar-refractivity contribution >= 4 is 18.1 Å². The van der Waals surface area contributed by atoms with Gasteiger partial charge < -0.3 is 15.1 Å². The highest BCUT2D eigenvalue weighted by atomic mass is 16.2. The predicted octanol–water partition coefficient (Wildman–Crippen LogP) is 0.839. The molecule has 7 heteroatoms. The second kappa shape index (κ2) is 7.89. The monoisotopic (exact) mass is 319 g/mol. The summed E-state index contributed by atoms with van der Waals surface area (Å²) in [5, 5.41) is 2.90. The lowest BCUT2D eigenvalue weighted by atomic mass is 10.1. The van der Waals surface area contributed by atoms with Crippen LogP contribution >= 0.6 is 0 Å². The smallest absolute Gasteiger partial charge is 0.270 e. The average molecular weight is 319 g/mol. The van der Waals surface area contributed by atoms with E-state index in [0.29, 0.717) is 50.2 Å². The molecular formula is C16H25N5O2. The highest BCUT2D eigenvalue weighted by molar-refractivity contribution is 5.92. The van der Waals surface area contributed by atoms with Gasteiger partial charge in [-0.3, -0.25) is 9.59 Å². The molecule has 0 spiro atoms. The first-order valence-electron chi connectivity index (χ1n) is 8.07. The van der Waals surface area contributed by atoms with E-state index in [4.69, 9.17) is 0 Å². The van der Waals surface area contributed by atoms with Gasteiger partial charge in [-0.25, -0.2) is 9.97 Å². The van der Waals surface area contributed by atoms with Crippen molar-refractivity contribution < 1.29 is 9.59 Å². The van der Waals surface area contributed by atoms with E-state index in [1.165, 1.54) is 0 Å². The van der Waals surface area contributed by atoms with E-state index in [9.17, 15) is 9.59 Å². The van der Waals surface area contributed by atoms with Gasteiger partial charge in [0.2, 0.25) is 6.41 Å². The molecule has 1 fully saturated rings. The van der Waals surface area contributed by atoms with Crippen LogP contribution in [0, 0.1) is 12.8 Å². The summed E-state index contributed by atoms with van der Waals surface area (Å²) in [4.78, 5) is 35.5. The molecule has 0 unspecified atom stereocenters. The van der Waals surface area contributed by atoms with Gasteiger partial charge in [-0.1, -0.05) is 13.8 Å². The summed E-state index contributed by atoms with van der Waals surface area (Å²) in [7, 11) is 0. The Balaban J connectivity index is 2.04. The number of amides is 2. The Morgan fingerprint density at radius 1 is 1.30 bits per heavy atom. The zero-order chi connectivity index (χ0) is 16.8. The SMILES string of the molecule is Cc1nc(C(=O)NCCC(C)C)cc(N2CCN(C=O)CC2)n1. The van der Waals surface area contributed by atoms with Crippen LogP contribution in [0.25, 0.3) is 0 Å². The molecular weight excluding hydrogens is 294 g/mol. The van der Waals surface area contributed by atoms with Crippen LogP contribution in [0.1, 0.15) is 36.6 Å². The van der Waals surface area contributed by atoms with Crippen LogP contribution in [0.4, 0.5) is 5.82 Å². The van der Waals surface area contributed by atoms with Crippen LogP contribution in [0.3, 0.4) is 0 Å². The third-order valence-corrected chi connectivity index (χ3v) is 3.85. The second-order valence-electron chi connectivity index (χ2n) is 6.23. The van der Waals surface area contributed by atoms with Crippen molar-refractivity contribution in [1.82, 2.24) is 20.2 Å². The van der Waals surface area contributed by atoms with Crippen LogP contribution < -0.4 is 10.2 Å². The molecule has 0 aromatic carbocycles. The number of nitrogens with zero attached hydrogens (tertiary/aromatic N) is 4. The van der Waals surface area contributed by atoms with Crippen molar-refractivity contribution in [3.63, 3.8) is 0 Å². The second-order valence-corrected chi connectivity index (χ2v) is 6.23. The summed E-state index contributed by atoms with van der Waals surface area (Å²) in [5.41, 5.74) is 0.397. The first-order valence-corrected chi connectivity index (χ1v) is 8.07. The van der Waals surface area contributed by atoms with Crippen molar-refractivity contribution in [2.45, 2.75) is 27.2 Å². The molecule has 2 rings (SSSR count). The van der Waals surface area contributed by atoms with Gasteiger partial charge in [0, 0.05) is 38.8 Å². The molecule has 1 aliphatic heterocycles. The number of aryl methyl sites for hydroxylation is 1. The minimum atomic E-state index is -0.163. The van der Waals surface area contributed by atoms with Gasteiger partial charge in [0.1, 0.15) is 17.3 Å². The third kappa shape index (κ3) is 4.91. The van der Waals surface area contributed by atoms with Crippen LogP contribution in [0.2, 0.25) is 0 Å².